The number of nitriles is 1. The Morgan fingerprint density at radius 2 is 2.05 bits per heavy atom. The molecule has 98 valence electrons. The van der Waals surface area contributed by atoms with Crippen molar-refractivity contribution in [3.8, 4) is 6.07 Å². The van der Waals surface area contributed by atoms with Gasteiger partial charge in [0.15, 0.2) is 11.5 Å². The van der Waals surface area contributed by atoms with Crippen molar-refractivity contribution >= 4 is 28.6 Å². The van der Waals surface area contributed by atoms with E-state index >= 15 is 0 Å². The number of nitrogens with two attached hydrogens (primary N) is 1. The van der Waals surface area contributed by atoms with Gasteiger partial charge in [-0.3, -0.25) is 0 Å². The van der Waals surface area contributed by atoms with Crippen LogP contribution in [-0.4, -0.2) is 19.9 Å². The average molecular weight is 265 g/mol. The number of imidazole rings is 1. The molecule has 2 heterocycles. The quantitative estimate of drug-likeness (QED) is 0.664. The zero-order valence-corrected chi connectivity index (χ0v) is 10.5. The van der Waals surface area contributed by atoms with E-state index in [1.165, 1.54) is 6.33 Å². The third-order valence-electron chi connectivity index (χ3n) is 2.81. The molecular formula is C13H11N7. The van der Waals surface area contributed by atoms with Crippen molar-refractivity contribution in [2.45, 2.75) is 6.42 Å². The molecule has 0 saturated heterocycles. The Bertz CT molecular complexity index is 783. The molecule has 0 spiro atoms. The van der Waals surface area contributed by atoms with Crippen LogP contribution in [0.1, 0.15) is 5.56 Å². The van der Waals surface area contributed by atoms with E-state index in [4.69, 9.17) is 11.0 Å². The first kappa shape index (κ1) is 11.9. The van der Waals surface area contributed by atoms with Gasteiger partial charge in [0.05, 0.1) is 18.8 Å². The summed E-state index contributed by atoms with van der Waals surface area (Å²) in [5.41, 5.74) is 8.74. The molecule has 4 N–H and O–H groups in total. The third-order valence-corrected chi connectivity index (χ3v) is 2.81. The fourth-order valence-corrected chi connectivity index (χ4v) is 1.84. The Balaban J connectivity index is 1.87. The lowest BCUT2D eigenvalue weighted by Gasteiger charge is -2.06. The van der Waals surface area contributed by atoms with Gasteiger partial charge in [-0.1, -0.05) is 12.1 Å². The van der Waals surface area contributed by atoms with Crippen molar-refractivity contribution in [2.75, 3.05) is 11.1 Å². The Labute approximate surface area is 114 Å². The fraction of sp³-hybridized carbons (Fsp3) is 0.0769. The van der Waals surface area contributed by atoms with E-state index in [0.717, 1.165) is 11.3 Å². The number of benzene rings is 1. The lowest BCUT2D eigenvalue weighted by molar-refractivity contribution is 1.20. The maximum absolute atomic E-state index is 8.63. The van der Waals surface area contributed by atoms with Gasteiger partial charge in [-0.25, -0.2) is 4.98 Å². The van der Waals surface area contributed by atoms with E-state index in [1.54, 1.807) is 0 Å². The number of aromatic nitrogens is 4. The molecule has 0 amide bonds. The predicted molar refractivity (Wildman–Crippen MR) is 75.1 cm³/mol. The summed E-state index contributed by atoms with van der Waals surface area (Å²) in [5.74, 6) is 0.728. The first-order valence-electron chi connectivity index (χ1n) is 5.96. The molecule has 0 saturated carbocycles. The highest BCUT2D eigenvalue weighted by molar-refractivity contribution is 5.82. The summed E-state index contributed by atoms with van der Waals surface area (Å²) < 4.78 is 0. The fourth-order valence-electron chi connectivity index (χ4n) is 1.84. The first-order chi connectivity index (χ1) is 9.76. The smallest absolute Gasteiger partial charge is 0.231 e. The van der Waals surface area contributed by atoms with Crippen LogP contribution in [-0.2, 0) is 6.42 Å². The lowest BCUT2D eigenvalue weighted by Crippen LogP contribution is -2.01. The highest BCUT2D eigenvalue weighted by atomic mass is 15.2. The molecule has 0 bridgehead atoms. The van der Waals surface area contributed by atoms with Gasteiger partial charge in [0, 0.05) is 5.69 Å². The molecule has 2 aromatic heterocycles. The summed E-state index contributed by atoms with van der Waals surface area (Å²) in [6.07, 6.45) is 1.92. The van der Waals surface area contributed by atoms with Crippen molar-refractivity contribution in [3.63, 3.8) is 0 Å². The van der Waals surface area contributed by atoms with Crippen LogP contribution in [0.2, 0.25) is 0 Å². The summed E-state index contributed by atoms with van der Waals surface area (Å²) in [6.45, 7) is 0. The molecule has 0 aliphatic heterocycles. The molecule has 3 rings (SSSR count). The Morgan fingerprint density at radius 1 is 1.25 bits per heavy atom. The summed E-state index contributed by atoms with van der Waals surface area (Å²) in [6, 6.07) is 9.58. The normalized spacial score (nSPS) is 10.3. The van der Waals surface area contributed by atoms with Crippen LogP contribution in [0.5, 0.6) is 0 Å². The number of nitrogens with zero attached hydrogens (tertiary/aromatic N) is 4. The number of H-pyrrole nitrogens is 1. The zero-order valence-electron chi connectivity index (χ0n) is 10.5. The van der Waals surface area contributed by atoms with Crippen LogP contribution in [0.4, 0.5) is 17.5 Å². The van der Waals surface area contributed by atoms with Crippen LogP contribution in [0.3, 0.4) is 0 Å². The van der Waals surface area contributed by atoms with E-state index in [9.17, 15) is 0 Å². The van der Waals surface area contributed by atoms with Crippen molar-refractivity contribution < 1.29 is 0 Å². The molecule has 0 unspecified atom stereocenters. The molecule has 3 aromatic rings. The minimum absolute atomic E-state index is 0.344. The topological polar surface area (TPSA) is 116 Å². The second-order valence-corrected chi connectivity index (χ2v) is 4.19. The number of nitrogen functional groups attached to an aromatic ring is 1. The molecule has 0 aliphatic rings. The SMILES string of the molecule is N#CCc1ccc(Nc2nc(N)c3[nH]cnc3n2)cc1. The van der Waals surface area contributed by atoms with Crippen LogP contribution in [0.15, 0.2) is 30.6 Å². The van der Waals surface area contributed by atoms with Gasteiger partial charge < -0.3 is 16.0 Å². The standard InChI is InChI=1S/C13H11N7/c14-6-5-8-1-3-9(4-2-8)18-13-19-11(15)10-12(20-13)17-7-16-10/h1-4,7H,5H2,(H4,15,16,17,18,19,20). The Morgan fingerprint density at radius 3 is 2.80 bits per heavy atom. The summed E-state index contributed by atoms with van der Waals surface area (Å²) in [7, 11) is 0. The molecule has 0 aliphatic carbocycles. The van der Waals surface area contributed by atoms with E-state index in [-0.39, 0.29) is 0 Å². The average Bonchev–Trinajstić information content (AvgIpc) is 2.90. The van der Waals surface area contributed by atoms with E-state index < -0.39 is 0 Å². The summed E-state index contributed by atoms with van der Waals surface area (Å²) in [5, 5.41) is 11.7. The highest BCUT2D eigenvalue weighted by Gasteiger charge is 2.07. The van der Waals surface area contributed by atoms with Crippen LogP contribution in [0, 0.1) is 11.3 Å². The largest absolute Gasteiger partial charge is 0.382 e. The molecule has 20 heavy (non-hydrogen) atoms. The number of anilines is 3. The minimum atomic E-state index is 0.344. The van der Waals surface area contributed by atoms with Crippen molar-refractivity contribution in [1.82, 2.24) is 19.9 Å². The molecular weight excluding hydrogens is 254 g/mol. The Hall–Kier alpha value is -3.14. The lowest BCUT2D eigenvalue weighted by atomic mass is 10.1. The summed E-state index contributed by atoms with van der Waals surface area (Å²) in [4.78, 5) is 15.4. The van der Waals surface area contributed by atoms with Gasteiger partial charge in [-0.05, 0) is 17.7 Å². The van der Waals surface area contributed by atoms with E-state index in [0.29, 0.717) is 29.4 Å². The zero-order chi connectivity index (χ0) is 13.9. The molecule has 0 atom stereocenters. The van der Waals surface area contributed by atoms with Gasteiger partial charge in [0.1, 0.15) is 5.52 Å². The Kier molecular flexibility index (Phi) is 2.89. The number of hydrogen-bond donors (Lipinski definition) is 3. The number of hydrogen-bond acceptors (Lipinski definition) is 6. The number of rotatable bonds is 3. The van der Waals surface area contributed by atoms with Crippen molar-refractivity contribution in [2.24, 2.45) is 0 Å². The van der Waals surface area contributed by atoms with E-state index in [2.05, 4.69) is 31.3 Å². The molecule has 7 nitrogen and oxygen atoms in total. The number of nitrogens with one attached hydrogen (secondary N) is 2. The minimum Gasteiger partial charge on any atom is -0.382 e. The predicted octanol–water partition coefficient (Wildman–Crippen LogP) is 1.74. The van der Waals surface area contributed by atoms with Gasteiger partial charge in [0.25, 0.3) is 0 Å². The van der Waals surface area contributed by atoms with Gasteiger partial charge >= 0.3 is 0 Å². The second kappa shape index (κ2) is 4.85. The molecule has 1 aromatic carbocycles. The molecule has 0 radical (unpaired) electrons. The van der Waals surface area contributed by atoms with Crippen molar-refractivity contribution in [1.29, 1.82) is 5.26 Å². The number of fused-ring (bicyclic) bond motifs is 1. The van der Waals surface area contributed by atoms with Gasteiger partial charge in [0.2, 0.25) is 5.95 Å². The maximum atomic E-state index is 8.63. The third kappa shape index (κ3) is 2.22. The highest BCUT2D eigenvalue weighted by Crippen LogP contribution is 2.19. The maximum Gasteiger partial charge on any atom is 0.231 e. The molecule has 0 fully saturated rings. The second-order valence-electron chi connectivity index (χ2n) is 4.19. The number of aromatic amines is 1. The monoisotopic (exact) mass is 265 g/mol. The molecule has 7 heteroatoms. The van der Waals surface area contributed by atoms with Crippen molar-refractivity contribution in [3.05, 3.63) is 36.2 Å². The summed E-state index contributed by atoms with van der Waals surface area (Å²) >= 11 is 0. The van der Waals surface area contributed by atoms with Gasteiger partial charge in [-0.2, -0.15) is 15.2 Å². The first-order valence-corrected chi connectivity index (χ1v) is 5.96. The van der Waals surface area contributed by atoms with Crippen LogP contribution < -0.4 is 11.1 Å². The van der Waals surface area contributed by atoms with E-state index in [1.807, 2.05) is 24.3 Å². The van der Waals surface area contributed by atoms with Gasteiger partial charge in [-0.15, -0.1) is 0 Å². The van der Waals surface area contributed by atoms with Crippen LogP contribution >= 0.6 is 0 Å². The van der Waals surface area contributed by atoms with Crippen LogP contribution in [0.25, 0.3) is 11.2 Å².